The van der Waals surface area contributed by atoms with Crippen molar-refractivity contribution in [1.82, 2.24) is 0 Å². The highest BCUT2D eigenvalue weighted by molar-refractivity contribution is 9.44. The number of hydrogen-bond acceptors (Lipinski definition) is 0. The average molecular weight is 432 g/mol. The molecule has 2 aromatic rings. The first-order chi connectivity index (χ1) is 9.62. The lowest BCUT2D eigenvalue weighted by Crippen LogP contribution is -2.27. The lowest BCUT2D eigenvalue weighted by Gasteiger charge is -2.30. The zero-order valence-corrected chi connectivity index (χ0v) is 16.2. The lowest BCUT2D eigenvalue weighted by molar-refractivity contribution is 1.34. The number of rotatable bonds is 2. The maximum Gasteiger partial charge on any atom is 0.145 e. The van der Waals surface area contributed by atoms with E-state index >= 15 is 0 Å². The molecule has 0 bridgehead atoms. The second kappa shape index (κ2) is 6.17. The fraction of sp³-hybridized carbons (Fsp3) is 0.250. The van der Waals surface area contributed by atoms with Gasteiger partial charge in [-0.05, 0) is 24.3 Å². The van der Waals surface area contributed by atoms with E-state index in [1.54, 1.807) is 0 Å². The van der Waals surface area contributed by atoms with E-state index < -0.39 is 11.9 Å². The molecular formula is C16H18Br2P2+2. The molecule has 0 unspecified atom stereocenters. The SMILES string of the molecule is Br[P+]1(c2ccccc2)CC[P+](Br)(c2ccccc2)CC1. The highest BCUT2D eigenvalue weighted by Gasteiger charge is 2.53. The molecule has 0 spiro atoms. The van der Waals surface area contributed by atoms with Gasteiger partial charge < -0.3 is 0 Å². The predicted molar refractivity (Wildman–Crippen MR) is 103 cm³/mol. The Morgan fingerprint density at radius 3 is 1.15 bits per heavy atom. The van der Waals surface area contributed by atoms with Crippen molar-refractivity contribution >= 4 is 53.5 Å². The minimum Gasteiger partial charge on any atom is -0.0620 e. The number of halogens is 2. The molecular weight excluding hydrogens is 414 g/mol. The molecule has 0 N–H and O–H groups in total. The third kappa shape index (κ3) is 3.05. The van der Waals surface area contributed by atoms with Crippen LogP contribution in [0.4, 0.5) is 0 Å². The van der Waals surface area contributed by atoms with E-state index in [-0.39, 0.29) is 0 Å². The topological polar surface area (TPSA) is 0 Å². The summed E-state index contributed by atoms with van der Waals surface area (Å²) in [4.78, 5) is 0. The Balaban J connectivity index is 1.80. The molecule has 1 fully saturated rings. The monoisotopic (exact) mass is 430 g/mol. The zero-order valence-electron chi connectivity index (χ0n) is 11.3. The molecule has 0 saturated carbocycles. The first-order valence-electron chi connectivity index (χ1n) is 6.87. The highest BCUT2D eigenvalue weighted by Crippen LogP contribution is 2.77. The summed E-state index contributed by atoms with van der Waals surface area (Å²) >= 11 is 8.27. The molecule has 2 aromatic carbocycles. The van der Waals surface area contributed by atoms with Crippen molar-refractivity contribution in [2.75, 3.05) is 24.6 Å². The Morgan fingerprint density at radius 1 is 0.550 bits per heavy atom. The number of hydrogen-bond donors (Lipinski definition) is 0. The molecule has 3 rings (SSSR count). The molecule has 0 radical (unpaired) electrons. The normalized spacial score (nSPS) is 30.1. The predicted octanol–water partition coefficient (Wildman–Crippen LogP) is 5.31. The van der Waals surface area contributed by atoms with Gasteiger partial charge in [-0.3, -0.25) is 0 Å². The van der Waals surface area contributed by atoms with E-state index in [4.69, 9.17) is 0 Å². The average Bonchev–Trinajstić information content (AvgIpc) is 2.52. The second-order valence-corrected chi connectivity index (χ2v) is 19.7. The summed E-state index contributed by atoms with van der Waals surface area (Å²) in [5.41, 5.74) is 0. The Labute approximate surface area is 138 Å². The van der Waals surface area contributed by atoms with Crippen molar-refractivity contribution in [3.8, 4) is 0 Å². The van der Waals surface area contributed by atoms with Crippen LogP contribution in [0.5, 0.6) is 0 Å². The second-order valence-electron chi connectivity index (χ2n) is 5.29. The largest absolute Gasteiger partial charge is 0.145 e. The minimum atomic E-state index is -1.11. The van der Waals surface area contributed by atoms with E-state index in [1.165, 1.54) is 35.3 Å². The van der Waals surface area contributed by atoms with Crippen LogP contribution >= 0.6 is 42.9 Å². The van der Waals surface area contributed by atoms with E-state index in [0.717, 1.165) is 0 Å². The fourth-order valence-corrected chi connectivity index (χ4v) is 17.9. The third-order valence-corrected chi connectivity index (χ3v) is 17.7. The summed E-state index contributed by atoms with van der Waals surface area (Å²) in [6.07, 6.45) is 5.24. The summed E-state index contributed by atoms with van der Waals surface area (Å²) in [5.74, 6) is -2.21. The lowest BCUT2D eigenvalue weighted by atomic mass is 10.4. The first-order valence-corrected chi connectivity index (χ1v) is 15.2. The van der Waals surface area contributed by atoms with Gasteiger partial charge in [-0.25, -0.2) is 0 Å². The maximum absolute atomic E-state index is 4.14. The molecule has 0 atom stereocenters. The van der Waals surface area contributed by atoms with Gasteiger partial charge in [-0.1, -0.05) is 36.4 Å². The molecule has 0 aliphatic carbocycles. The third-order valence-electron chi connectivity index (χ3n) is 4.06. The van der Waals surface area contributed by atoms with E-state index in [9.17, 15) is 0 Å². The Kier molecular flexibility index (Phi) is 4.68. The molecule has 0 nitrogen and oxygen atoms in total. The van der Waals surface area contributed by atoms with Gasteiger partial charge >= 0.3 is 0 Å². The zero-order chi connectivity index (χ0) is 14.1. The van der Waals surface area contributed by atoms with Crippen LogP contribution < -0.4 is 10.6 Å². The standard InChI is InChI=1S/C16H18Br2P2/c17-19(15-7-3-1-4-8-15)11-13-20(18,14-12-19)16-9-5-2-6-10-16/h1-10H,11-14H2/q+2. The molecule has 0 aromatic heterocycles. The van der Waals surface area contributed by atoms with E-state index in [1.807, 2.05) is 0 Å². The highest BCUT2D eigenvalue weighted by atomic mass is 79.9. The van der Waals surface area contributed by atoms with Crippen molar-refractivity contribution in [2.45, 2.75) is 0 Å². The molecule has 1 saturated heterocycles. The van der Waals surface area contributed by atoms with Crippen molar-refractivity contribution in [3.63, 3.8) is 0 Å². The van der Waals surface area contributed by atoms with Gasteiger partial charge in [0.1, 0.15) is 78.2 Å². The fourth-order valence-electron chi connectivity index (χ4n) is 2.76. The van der Waals surface area contributed by atoms with Gasteiger partial charge in [0, 0.05) is 0 Å². The van der Waals surface area contributed by atoms with E-state index in [2.05, 4.69) is 91.6 Å². The Hall–Kier alpha value is 0.260. The van der Waals surface area contributed by atoms with Crippen LogP contribution in [0.1, 0.15) is 0 Å². The van der Waals surface area contributed by atoms with E-state index in [0.29, 0.717) is 0 Å². The van der Waals surface area contributed by atoms with Crippen LogP contribution in [0.15, 0.2) is 60.7 Å². The molecule has 4 heteroatoms. The molecule has 1 aliphatic rings. The van der Waals surface area contributed by atoms with Gasteiger partial charge in [-0.15, -0.1) is 0 Å². The Morgan fingerprint density at radius 2 is 0.850 bits per heavy atom. The summed E-state index contributed by atoms with van der Waals surface area (Å²) in [6, 6.07) is 22.1. The van der Waals surface area contributed by atoms with Gasteiger partial charge in [0.2, 0.25) is 0 Å². The van der Waals surface area contributed by atoms with Crippen LogP contribution in [0.2, 0.25) is 0 Å². The molecule has 1 aliphatic heterocycles. The smallest absolute Gasteiger partial charge is 0.0620 e. The number of benzene rings is 2. The molecule has 104 valence electrons. The van der Waals surface area contributed by atoms with Crippen molar-refractivity contribution in [2.24, 2.45) is 0 Å². The van der Waals surface area contributed by atoms with Crippen LogP contribution in [-0.2, 0) is 0 Å². The maximum atomic E-state index is 4.14. The van der Waals surface area contributed by atoms with Crippen molar-refractivity contribution in [3.05, 3.63) is 60.7 Å². The summed E-state index contributed by atoms with van der Waals surface area (Å²) in [5, 5.41) is 3.07. The van der Waals surface area contributed by atoms with Crippen LogP contribution in [0.3, 0.4) is 0 Å². The summed E-state index contributed by atoms with van der Waals surface area (Å²) in [7, 11) is 0. The van der Waals surface area contributed by atoms with Crippen molar-refractivity contribution in [1.29, 1.82) is 0 Å². The summed E-state index contributed by atoms with van der Waals surface area (Å²) in [6.45, 7) is 0. The molecule has 0 amide bonds. The van der Waals surface area contributed by atoms with Crippen LogP contribution in [0, 0.1) is 0 Å². The summed E-state index contributed by atoms with van der Waals surface area (Å²) < 4.78 is 0. The van der Waals surface area contributed by atoms with Gasteiger partial charge in [0.15, 0.2) is 0 Å². The Bertz CT molecular complexity index is 510. The quantitative estimate of drug-likeness (QED) is 0.565. The van der Waals surface area contributed by atoms with Gasteiger partial charge in [-0.2, -0.15) is 0 Å². The minimum absolute atomic E-state index is 1.11. The molecule has 1 heterocycles. The first kappa shape index (κ1) is 15.2. The van der Waals surface area contributed by atoms with Gasteiger partial charge in [0.05, 0.1) is 0 Å². The van der Waals surface area contributed by atoms with Crippen LogP contribution in [-0.4, -0.2) is 24.6 Å². The molecule has 20 heavy (non-hydrogen) atoms. The van der Waals surface area contributed by atoms with Crippen LogP contribution in [0.25, 0.3) is 0 Å². The van der Waals surface area contributed by atoms with Crippen molar-refractivity contribution < 1.29 is 0 Å². The van der Waals surface area contributed by atoms with Gasteiger partial charge in [0.25, 0.3) is 0 Å².